The van der Waals surface area contributed by atoms with Gasteiger partial charge in [-0.1, -0.05) is 24.3 Å². The summed E-state index contributed by atoms with van der Waals surface area (Å²) >= 11 is 0. The zero-order valence-electron chi connectivity index (χ0n) is 7.07. The number of benzene rings is 1. The molecule has 0 aliphatic heterocycles. The fourth-order valence-electron chi connectivity index (χ4n) is 1.79. The normalized spacial score (nSPS) is 12.3. The van der Waals surface area contributed by atoms with E-state index in [-0.39, 0.29) is 0 Å². The van der Waals surface area contributed by atoms with Crippen molar-refractivity contribution in [3.63, 3.8) is 0 Å². The Kier molecular flexibility index (Phi) is 1.28. The number of hydrogen-bond donors (Lipinski definition) is 0. The molecule has 0 saturated carbocycles. The average molecular weight is 166 g/mol. The summed E-state index contributed by atoms with van der Waals surface area (Å²) in [5, 5.41) is 0. The van der Waals surface area contributed by atoms with E-state index in [0.717, 1.165) is 0 Å². The minimum absolute atomic E-state index is 1.25. The van der Waals surface area contributed by atoms with Crippen molar-refractivity contribution < 1.29 is 0 Å². The highest BCUT2D eigenvalue weighted by Crippen LogP contribution is 2.36. The molecular formula is C12H8N. The molecule has 13 heavy (non-hydrogen) atoms. The highest BCUT2D eigenvalue weighted by atomic mass is 14.6. The third-order valence-corrected chi connectivity index (χ3v) is 2.42. The number of rotatable bonds is 0. The Morgan fingerprint density at radius 3 is 2.69 bits per heavy atom. The van der Waals surface area contributed by atoms with E-state index in [1.54, 1.807) is 0 Å². The molecule has 0 saturated heterocycles. The molecule has 1 nitrogen and oxygen atoms in total. The quantitative estimate of drug-likeness (QED) is 0.500. The lowest BCUT2D eigenvalue weighted by molar-refractivity contribution is 1.32. The SMILES string of the molecule is [CH]1c2ccccc2-c2cnccc21. The Balaban J connectivity index is 2.32. The molecule has 0 atom stereocenters. The first-order valence-electron chi connectivity index (χ1n) is 4.33. The van der Waals surface area contributed by atoms with E-state index in [9.17, 15) is 0 Å². The minimum atomic E-state index is 1.25. The summed E-state index contributed by atoms with van der Waals surface area (Å²) in [5.41, 5.74) is 5.12. The molecule has 1 heteroatoms. The van der Waals surface area contributed by atoms with Crippen LogP contribution in [-0.2, 0) is 0 Å². The molecule has 0 bridgehead atoms. The fourth-order valence-corrected chi connectivity index (χ4v) is 1.79. The number of pyridine rings is 1. The van der Waals surface area contributed by atoms with Gasteiger partial charge < -0.3 is 0 Å². The van der Waals surface area contributed by atoms with Crippen LogP contribution in [0.2, 0.25) is 0 Å². The number of aromatic nitrogens is 1. The van der Waals surface area contributed by atoms with Crippen molar-refractivity contribution >= 4 is 0 Å². The molecular weight excluding hydrogens is 158 g/mol. The van der Waals surface area contributed by atoms with Crippen LogP contribution in [0.15, 0.2) is 42.7 Å². The van der Waals surface area contributed by atoms with Crippen molar-refractivity contribution in [2.75, 3.05) is 0 Å². The van der Waals surface area contributed by atoms with Gasteiger partial charge in [0.25, 0.3) is 0 Å². The predicted molar refractivity (Wildman–Crippen MR) is 52.2 cm³/mol. The molecule has 0 unspecified atom stereocenters. The van der Waals surface area contributed by atoms with Gasteiger partial charge in [-0.2, -0.15) is 0 Å². The maximum Gasteiger partial charge on any atom is 0.0349 e. The Labute approximate surface area is 77.1 Å². The van der Waals surface area contributed by atoms with Crippen LogP contribution in [-0.4, -0.2) is 4.98 Å². The largest absolute Gasteiger partial charge is 0.264 e. The average Bonchev–Trinajstić information content (AvgIpc) is 2.56. The fraction of sp³-hybridized carbons (Fsp3) is 0. The van der Waals surface area contributed by atoms with Crippen LogP contribution in [0.3, 0.4) is 0 Å². The molecule has 0 amide bonds. The molecule has 1 aromatic carbocycles. The van der Waals surface area contributed by atoms with Crippen molar-refractivity contribution in [1.29, 1.82) is 0 Å². The second-order valence-corrected chi connectivity index (χ2v) is 3.19. The van der Waals surface area contributed by atoms with E-state index < -0.39 is 0 Å². The predicted octanol–water partition coefficient (Wildman–Crippen LogP) is 2.66. The molecule has 2 aromatic rings. The molecule has 1 aromatic heterocycles. The van der Waals surface area contributed by atoms with Crippen LogP contribution in [0, 0.1) is 6.42 Å². The van der Waals surface area contributed by atoms with Gasteiger partial charge in [0.15, 0.2) is 0 Å². The Morgan fingerprint density at radius 1 is 0.846 bits per heavy atom. The van der Waals surface area contributed by atoms with Crippen molar-refractivity contribution in [2.45, 2.75) is 0 Å². The number of hydrogen-bond acceptors (Lipinski definition) is 1. The van der Waals surface area contributed by atoms with Gasteiger partial charge in [-0.3, -0.25) is 4.98 Å². The van der Waals surface area contributed by atoms with Crippen molar-refractivity contribution in [2.24, 2.45) is 0 Å². The van der Waals surface area contributed by atoms with Crippen LogP contribution >= 0.6 is 0 Å². The smallest absolute Gasteiger partial charge is 0.0349 e. The van der Waals surface area contributed by atoms with Crippen LogP contribution in [0.25, 0.3) is 11.1 Å². The molecule has 1 aliphatic rings. The Bertz CT molecular complexity index is 417. The first kappa shape index (κ1) is 6.84. The van der Waals surface area contributed by atoms with Gasteiger partial charge >= 0.3 is 0 Å². The maximum atomic E-state index is 4.14. The van der Waals surface area contributed by atoms with E-state index in [2.05, 4.69) is 41.7 Å². The van der Waals surface area contributed by atoms with Gasteiger partial charge in [0.05, 0.1) is 0 Å². The van der Waals surface area contributed by atoms with Crippen molar-refractivity contribution in [3.05, 3.63) is 60.3 Å². The van der Waals surface area contributed by atoms with Gasteiger partial charge in [-0.25, -0.2) is 0 Å². The van der Waals surface area contributed by atoms with Crippen LogP contribution in [0.5, 0.6) is 0 Å². The summed E-state index contributed by atoms with van der Waals surface area (Å²) < 4.78 is 0. The summed E-state index contributed by atoms with van der Waals surface area (Å²) in [6.07, 6.45) is 5.96. The highest BCUT2D eigenvalue weighted by molar-refractivity contribution is 5.80. The first-order valence-corrected chi connectivity index (χ1v) is 4.33. The van der Waals surface area contributed by atoms with Crippen molar-refractivity contribution in [3.8, 4) is 11.1 Å². The molecule has 0 spiro atoms. The molecule has 61 valence electrons. The molecule has 1 radical (unpaired) electrons. The van der Waals surface area contributed by atoms with E-state index in [0.29, 0.717) is 0 Å². The molecule has 3 rings (SSSR count). The Hall–Kier alpha value is -1.63. The minimum Gasteiger partial charge on any atom is -0.264 e. The lowest BCUT2D eigenvalue weighted by Crippen LogP contribution is -1.77. The summed E-state index contributed by atoms with van der Waals surface area (Å²) in [7, 11) is 0. The lowest BCUT2D eigenvalue weighted by atomic mass is 10.1. The monoisotopic (exact) mass is 166 g/mol. The van der Waals surface area contributed by atoms with E-state index in [4.69, 9.17) is 0 Å². The summed E-state index contributed by atoms with van der Waals surface area (Å²) in [6, 6.07) is 10.5. The van der Waals surface area contributed by atoms with Gasteiger partial charge in [0, 0.05) is 24.4 Å². The molecule has 0 N–H and O–H groups in total. The number of fused-ring (bicyclic) bond motifs is 3. The summed E-state index contributed by atoms with van der Waals surface area (Å²) in [4.78, 5) is 4.14. The molecule has 0 fully saturated rings. The van der Waals surface area contributed by atoms with E-state index >= 15 is 0 Å². The topological polar surface area (TPSA) is 12.9 Å². The highest BCUT2D eigenvalue weighted by Gasteiger charge is 2.16. The van der Waals surface area contributed by atoms with Crippen molar-refractivity contribution in [1.82, 2.24) is 4.98 Å². The third kappa shape index (κ3) is 0.903. The Morgan fingerprint density at radius 2 is 1.69 bits per heavy atom. The zero-order valence-corrected chi connectivity index (χ0v) is 7.07. The second kappa shape index (κ2) is 2.43. The van der Waals surface area contributed by atoms with Crippen LogP contribution in [0.4, 0.5) is 0 Å². The summed E-state index contributed by atoms with van der Waals surface area (Å²) in [5.74, 6) is 0. The second-order valence-electron chi connectivity index (χ2n) is 3.19. The molecule has 1 heterocycles. The van der Waals surface area contributed by atoms with Gasteiger partial charge in [0.2, 0.25) is 0 Å². The third-order valence-electron chi connectivity index (χ3n) is 2.42. The standard InChI is InChI=1S/C12H8N/c1-2-4-11-9(3-1)7-10-5-6-13-8-12(10)11/h1-8H. The van der Waals surface area contributed by atoms with Gasteiger partial charge in [0.1, 0.15) is 0 Å². The number of nitrogens with zero attached hydrogens (tertiary/aromatic N) is 1. The van der Waals surface area contributed by atoms with Crippen LogP contribution < -0.4 is 0 Å². The van der Waals surface area contributed by atoms with E-state index in [1.807, 2.05) is 12.4 Å². The van der Waals surface area contributed by atoms with Crippen LogP contribution in [0.1, 0.15) is 11.1 Å². The van der Waals surface area contributed by atoms with Gasteiger partial charge in [-0.15, -0.1) is 0 Å². The first-order chi connectivity index (χ1) is 6.45. The lowest BCUT2D eigenvalue weighted by Gasteiger charge is -1.97. The maximum absolute atomic E-state index is 4.14. The van der Waals surface area contributed by atoms with E-state index in [1.165, 1.54) is 22.3 Å². The zero-order chi connectivity index (χ0) is 8.67. The summed E-state index contributed by atoms with van der Waals surface area (Å²) in [6.45, 7) is 0. The van der Waals surface area contributed by atoms with Gasteiger partial charge in [-0.05, 0) is 22.8 Å². The molecule has 1 aliphatic carbocycles.